The fraction of sp³-hybridized carbons (Fsp3) is 0.800. The molecule has 1 heterocycles. The first-order valence-corrected chi connectivity index (χ1v) is 7.74. The lowest BCUT2D eigenvalue weighted by Gasteiger charge is -2.40. The summed E-state index contributed by atoms with van der Waals surface area (Å²) >= 11 is 0. The molecule has 2 aliphatic rings. The second kappa shape index (κ2) is 6.45. The van der Waals surface area contributed by atoms with Gasteiger partial charge in [-0.1, -0.05) is 12.8 Å². The number of nitrogens with zero attached hydrogens (tertiary/aromatic N) is 1. The van der Waals surface area contributed by atoms with Crippen LogP contribution in [-0.4, -0.2) is 40.4 Å². The third kappa shape index (κ3) is 3.36. The van der Waals surface area contributed by atoms with Crippen LogP contribution in [0.25, 0.3) is 0 Å². The summed E-state index contributed by atoms with van der Waals surface area (Å²) in [5.41, 5.74) is 5.36. The predicted molar refractivity (Wildman–Crippen MR) is 76.2 cm³/mol. The molecule has 118 valence electrons. The number of aliphatic carboxylic acids is 1. The first-order valence-electron chi connectivity index (χ1n) is 7.74. The minimum Gasteiger partial charge on any atom is -0.481 e. The van der Waals surface area contributed by atoms with Crippen LogP contribution in [0.5, 0.6) is 0 Å². The van der Waals surface area contributed by atoms with Crippen LogP contribution >= 0.6 is 0 Å². The molecule has 0 aromatic carbocycles. The summed E-state index contributed by atoms with van der Waals surface area (Å²) in [6.07, 6.45) is 4.38. The van der Waals surface area contributed by atoms with Crippen LogP contribution in [0.1, 0.15) is 45.4 Å². The van der Waals surface area contributed by atoms with Gasteiger partial charge in [-0.2, -0.15) is 0 Å². The highest BCUT2D eigenvalue weighted by Crippen LogP contribution is 2.34. The Morgan fingerprint density at radius 1 is 1.05 bits per heavy atom. The minimum atomic E-state index is -0.885. The Morgan fingerprint density at radius 3 is 2.24 bits per heavy atom. The lowest BCUT2D eigenvalue weighted by molar-refractivity contribution is -0.154. The molecule has 1 aliphatic heterocycles. The highest BCUT2D eigenvalue weighted by atomic mass is 16.4. The van der Waals surface area contributed by atoms with Gasteiger partial charge in [-0.3, -0.25) is 14.4 Å². The van der Waals surface area contributed by atoms with Gasteiger partial charge in [0.2, 0.25) is 11.8 Å². The molecule has 2 unspecified atom stereocenters. The van der Waals surface area contributed by atoms with Crippen molar-refractivity contribution in [3.63, 3.8) is 0 Å². The fourth-order valence-corrected chi connectivity index (χ4v) is 3.58. The van der Waals surface area contributed by atoms with E-state index in [0.717, 1.165) is 19.3 Å². The van der Waals surface area contributed by atoms with Crippen LogP contribution < -0.4 is 5.73 Å². The van der Waals surface area contributed by atoms with Crippen LogP contribution in [0.15, 0.2) is 0 Å². The van der Waals surface area contributed by atoms with E-state index >= 15 is 0 Å². The molecule has 1 saturated carbocycles. The molecule has 21 heavy (non-hydrogen) atoms. The number of hydrogen-bond acceptors (Lipinski definition) is 3. The molecule has 0 spiro atoms. The Kier molecular flexibility index (Phi) is 4.85. The van der Waals surface area contributed by atoms with Crippen molar-refractivity contribution in [2.24, 2.45) is 23.5 Å². The third-order valence-electron chi connectivity index (χ3n) is 4.97. The van der Waals surface area contributed by atoms with Crippen molar-refractivity contribution in [3.8, 4) is 0 Å². The molecule has 2 fully saturated rings. The van der Waals surface area contributed by atoms with Crippen molar-refractivity contribution in [1.82, 2.24) is 4.90 Å². The van der Waals surface area contributed by atoms with Crippen molar-refractivity contribution in [3.05, 3.63) is 0 Å². The van der Waals surface area contributed by atoms with Gasteiger partial charge in [0, 0.05) is 12.6 Å². The number of carboxylic acid groups (broad SMARTS) is 1. The van der Waals surface area contributed by atoms with Crippen molar-refractivity contribution < 1.29 is 19.5 Å². The number of likely N-dealkylation sites (tertiary alicyclic amines) is 1. The van der Waals surface area contributed by atoms with E-state index in [9.17, 15) is 19.5 Å². The summed E-state index contributed by atoms with van der Waals surface area (Å²) in [5.74, 6) is -2.72. The molecule has 1 aliphatic carbocycles. The molecule has 6 heteroatoms. The Bertz CT molecular complexity index is 437. The van der Waals surface area contributed by atoms with Gasteiger partial charge in [-0.25, -0.2) is 0 Å². The standard InChI is InChI=1S/C15H24N2O4/c1-9-6-7-10(13(16)18)8-17(9)14(19)11-4-2-3-5-12(11)15(20)21/h9-12H,2-8H2,1H3,(H2,16,18)(H,20,21)/t9?,10?,11-,12+/m1/s1. The highest BCUT2D eigenvalue weighted by Gasteiger charge is 2.41. The quantitative estimate of drug-likeness (QED) is 0.811. The van der Waals surface area contributed by atoms with Crippen molar-refractivity contribution in [2.75, 3.05) is 6.54 Å². The summed E-state index contributed by atoms with van der Waals surface area (Å²) in [6.45, 7) is 2.28. The Morgan fingerprint density at radius 2 is 1.67 bits per heavy atom. The van der Waals surface area contributed by atoms with E-state index in [4.69, 9.17) is 5.73 Å². The molecule has 3 N–H and O–H groups in total. The summed E-state index contributed by atoms with van der Waals surface area (Å²) < 4.78 is 0. The largest absolute Gasteiger partial charge is 0.481 e. The number of rotatable bonds is 3. The Hall–Kier alpha value is -1.59. The van der Waals surface area contributed by atoms with Gasteiger partial charge in [0.1, 0.15) is 0 Å². The van der Waals surface area contributed by atoms with E-state index in [-0.39, 0.29) is 23.8 Å². The second-order valence-corrected chi connectivity index (χ2v) is 6.35. The van der Waals surface area contributed by atoms with Crippen molar-refractivity contribution >= 4 is 17.8 Å². The monoisotopic (exact) mass is 296 g/mol. The van der Waals surface area contributed by atoms with E-state index < -0.39 is 17.8 Å². The highest BCUT2D eigenvalue weighted by molar-refractivity contribution is 5.86. The summed E-state index contributed by atoms with van der Waals surface area (Å²) in [6, 6.07) is 0.0458. The maximum Gasteiger partial charge on any atom is 0.307 e. The number of carbonyl (C=O) groups is 3. The third-order valence-corrected chi connectivity index (χ3v) is 4.97. The van der Waals surface area contributed by atoms with Crippen molar-refractivity contribution in [2.45, 2.75) is 51.5 Å². The lowest BCUT2D eigenvalue weighted by atomic mass is 9.77. The van der Waals surface area contributed by atoms with Crippen LogP contribution in [-0.2, 0) is 14.4 Å². The van der Waals surface area contributed by atoms with Gasteiger partial charge in [0.15, 0.2) is 0 Å². The molecule has 2 rings (SSSR count). The molecule has 0 bridgehead atoms. The Labute approximate surface area is 124 Å². The van der Waals surface area contributed by atoms with Gasteiger partial charge in [0.25, 0.3) is 0 Å². The molecular weight excluding hydrogens is 272 g/mol. The van der Waals surface area contributed by atoms with Crippen LogP contribution in [0.3, 0.4) is 0 Å². The van der Waals surface area contributed by atoms with Gasteiger partial charge >= 0.3 is 5.97 Å². The zero-order valence-electron chi connectivity index (χ0n) is 12.5. The van der Waals surface area contributed by atoms with E-state index in [1.165, 1.54) is 0 Å². The Balaban J connectivity index is 2.12. The smallest absolute Gasteiger partial charge is 0.307 e. The molecule has 2 amide bonds. The second-order valence-electron chi connectivity index (χ2n) is 6.35. The van der Waals surface area contributed by atoms with Crippen LogP contribution in [0.2, 0.25) is 0 Å². The van der Waals surface area contributed by atoms with E-state index in [1.807, 2.05) is 6.92 Å². The first kappa shape index (κ1) is 15.8. The molecular formula is C15H24N2O4. The number of primary amides is 1. The van der Waals surface area contributed by atoms with Crippen LogP contribution in [0, 0.1) is 17.8 Å². The van der Waals surface area contributed by atoms with Crippen molar-refractivity contribution in [1.29, 1.82) is 0 Å². The molecule has 0 radical (unpaired) electrons. The van der Waals surface area contributed by atoms with E-state index in [0.29, 0.717) is 25.8 Å². The number of piperidine rings is 1. The van der Waals surface area contributed by atoms with Crippen LogP contribution in [0.4, 0.5) is 0 Å². The number of hydrogen-bond donors (Lipinski definition) is 2. The number of amides is 2. The molecule has 0 aromatic heterocycles. The molecule has 4 atom stereocenters. The zero-order valence-corrected chi connectivity index (χ0v) is 12.5. The zero-order chi connectivity index (χ0) is 15.6. The van der Waals surface area contributed by atoms with Gasteiger partial charge in [0.05, 0.1) is 17.8 Å². The summed E-state index contributed by atoms with van der Waals surface area (Å²) in [5, 5.41) is 9.32. The van der Waals surface area contributed by atoms with E-state index in [2.05, 4.69) is 0 Å². The summed E-state index contributed by atoms with van der Waals surface area (Å²) in [7, 11) is 0. The molecule has 1 saturated heterocycles. The minimum absolute atomic E-state index is 0.0458. The SMILES string of the molecule is CC1CCC(C(N)=O)CN1C(=O)[C@@H]1CCCC[C@@H]1C(=O)O. The lowest BCUT2D eigenvalue weighted by Crippen LogP contribution is -2.52. The fourth-order valence-electron chi connectivity index (χ4n) is 3.58. The maximum atomic E-state index is 12.8. The topological polar surface area (TPSA) is 101 Å². The normalized spacial score (nSPS) is 33.5. The predicted octanol–water partition coefficient (Wildman–Crippen LogP) is 0.990. The van der Waals surface area contributed by atoms with Gasteiger partial charge in [-0.05, 0) is 32.6 Å². The first-order chi connectivity index (χ1) is 9.91. The maximum absolute atomic E-state index is 12.8. The average molecular weight is 296 g/mol. The molecule has 0 aromatic rings. The average Bonchev–Trinajstić information content (AvgIpc) is 2.46. The molecule has 6 nitrogen and oxygen atoms in total. The van der Waals surface area contributed by atoms with E-state index in [1.54, 1.807) is 4.90 Å². The van der Waals surface area contributed by atoms with Gasteiger partial charge in [-0.15, -0.1) is 0 Å². The van der Waals surface area contributed by atoms with Gasteiger partial charge < -0.3 is 15.7 Å². The number of carbonyl (C=O) groups excluding carboxylic acids is 2. The number of carboxylic acids is 1. The number of nitrogens with two attached hydrogens (primary N) is 1. The summed E-state index contributed by atoms with van der Waals surface area (Å²) in [4.78, 5) is 37.2.